The molecule has 0 fully saturated rings. The third kappa shape index (κ3) is 3.29. The summed E-state index contributed by atoms with van der Waals surface area (Å²) in [6.07, 6.45) is 0. The van der Waals surface area contributed by atoms with E-state index in [-0.39, 0.29) is 0 Å². The molecule has 0 aliphatic heterocycles. The molecule has 0 aliphatic carbocycles. The fourth-order valence-electron chi connectivity index (χ4n) is 1.05. The molecule has 1 nitrogen and oxygen atoms in total. The fourth-order valence-corrected chi connectivity index (χ4v) is 1.79. The van der Waals surface area contributed by atoms with Crippen molar-refractivity contribution in [2.45, 2.75) is 13.5 Å². The molecule has 0 unspecified atom stereocenters. The molecule has 0 aromatic heterocycles. The minimum Gasteiger partial charge on any atom is -0.302 e. The number of halogens is 2. The zero-order valence-corrected chi connectivity index (χ0v) is 10.2. The summed E-state index contributed by atoms with van der Waals surface area (Å²) in [6.45, 7) is 4.07. The van der Waals surface area contributed by atoms with Crippen LogP contribution >= 0.6 is 27.5 Å². The van der Waals surface area contributed by atoms with Crippen molar-refractivity contribution in [3.8, 4) is 0 Å². The van der Waals surface area contributed by atoms with Crippen LogP contribution in [-0.2, 0) is 6.54 Å². The quantitative estimate of drug-likeness (QED) is 0.805. The topological polar surface area (TPSA) is 3.24 Å². The van der Waals surface area contributed by atoms with E-state index in [0.29, 0.717) is 0 Å². The Hall–Kier alpha value is -0.0500. The molecular weight excluding hydrogens is 249 g/mol. The summed E-state index contributed by atoms with van der Waals surface area (Å²) in [5.41, 5.74) is 1.18. The van der Waals surface area contributed by atoms with Gasteiger partial charge in [0, 0.05) is 16.0 Å². The van der Waals surface area contributed by atoms with Crippen molar-refractivity contribution >= 4 is 27.5 Å². The highest BCUT2D eigenvalue weighted by molar-refractivity contribution is 9.10. The van der Waals surface area contributed by atoms with Crippen molar-refractivity contribution in [2.24, 2.45) is 0 Å². The molecule has 3 heteroatoms. The van der Waals surface area contributed by atoms with E-state index in [0.717, 1.165) is 22.6 Å². The highest BCUT2D eigenvalue weighted by atomic mass is 79.9. The second-order valence-corrected chi connectivity index (χ2v) is 4.39. The van der Waals surface area contributed by atoms with Gasteiger partial charge in [-0.05, 0) is 31.3 Å². The highest BCUT2D eigenvalue weighted by Crippen LogP contribution is 2.22. The van der Waals surface area contributed by atoms with Crippen LogP contribution < -0.4 is 0 Å². The summed E-state index contributed by atoms with van der Waals surface area (Å²) in [5.74, 6) is 0. The lowest BCUT2D eigenvalue weighted by Gasteiger charge is -2.14. The molecule has 1 aromatic rings. The number of benzene rings is 1. The molecule has 0 heterocycles. The molecule has 0 saturated carbocycles. The second-order valence-electron chi connectivity index (χ2n) is 3.07. The average Bonchev–Trinajstić information content (AvgIpc) is 2.09. The average molecular weight is 263 g/mol. The van der Waals surface area contributed by atoms with Crippen molar-refractivity contribution in [2.75, 3.05) is 13.6 Å². The Morgan fingerprint density at radius 1 is 1.46 bits per heavy atom. The van der Waals surface area contributed by atoms with Gasteiger partial charge in [0.25, 0.3) is 0 Å². The predicted molar refractivity (Wildman–Crippen MR) is 61.2 cm³/mol. The first-order chi connectivity index (χ1) is 6.13. The fraction of sp³-hybridized carbons (Fsp3) is 0.400. The number of rotatable bonds is 3. The van der Waals surface area contributed by atoms with Crippen LogP contribution in [0.15, 0.2) is 22.7 Å². The molecule has 0 atom stereocenters. The van der Waals surface area contributed by atoms with E-state index < -0.39 is 0 Å². The van der Waals surface area contributed by atoms with Crippen molar-refractivity contribution in [1.29, 1.82) is 0 Å². The van der Waals surface area contributed by atoms with Crippen LogP contribution in [0.2, 0.25) is 5.02 Å². The summed E-state index contributed by atoms with van der Waals surface area (Å²) in [5, 5.41) is 0.828. The first kappa shape index (κ1) is 11.0. The van der Waals surface area contributed by atoms with E-state index in [1.165, 1.54) is 5.56 Å². The molecule has 0 saturated heterocycles. The van der Waals surface area contributed by atoms with Crippen LogP contribution in [0.1, 0.15) is 12.5 Å². The Morgan fingerprint density at radius 3 is 2.69 bits per heavy atom. The lowest BCUT2D eigenvalue weighted by molar-refractivity contribution is 0.346. The molecule has 1 aromatic carbocycles. The van der Waals surface area contributed by atoms with Crippen LogP contribution in [0.25, 0.3) is 0 Å². The maximum absolute atomic E-state index is 6.07. The zero-order valence-electron chi connectivity index (χ0n) is 7.85. The van der Waals surface area contributed by atoms with Crippen LogP contribution in [0, 0.1) is 0 Å². The van der Waals surface area contributed by atoms with Gasteiger partial charge < -0.3 is 4.90 Å². The Labute approximate surface area is 92.8 Å². The van der Waals surface area contributed by atoms with Gasteiger partial charge in [-0.2, -0.15) is 0 Å². The van der Waals surface area contributed by atoms with Gasteiger partial charge in [-0.3, -0.25) is 0 Å². The lowest BCUT2D eigenvalue weighted by atomic mass is 10.2. The first-order valence-electron chi connectivity index (χ1n) is 4.26. The van der Waals surface area contributed by atoms with E-state index in [9.17, 15) is 0 Å². The molecule has 0 aliphatic rings. The Morgan fingerprint density at radius 2 is 2.15 bits per heavy atom. The van der Waals surface area contributed by atoms with Gasteiger partial charge in [-0.1, -0.05) is 40.5 Å². The molecule has 0 radical (unpaired) electrons. The predicted octanol–water partition coefficient (Wildman–Crippen LogP) is 3.55. The van der Waals surface area contributed by atoms with Crippen molar-refractivity contribution < 1.29 is 0 Å². The van der Waals surface area contributed by atoms with E-state index in [2.05, 4.69) is 40.9 Å². The van der Waals surface area contributed by atoms with Crippen LogP contribution in [0.3, 0.4) is 0 Å². The van der Waals surface area contributed by atoms with Crippen molar-refractivity contribution in [3.63, 3.8) is 0 Å². The Bertz CT molecular complexity index is 288. The lowest BCUT2D eigenvalue weighted by Crippen LogP contribution is -2.16. The smallest absolute Gasteiger partial charge is 0.0462 e. The molecule has 0 bridgehead atoms. The number of hydrogen-bond acceptors (Lipinski definition) is 1. The third-order valence-corrected chi connectivity index (χ3v) is 2.84. The monoisotopic (exact) mass is 261 g/mol. The minimum absolute atomic E-state index is 0.828. The van der Waals surface area contributed by atoms with Crippen LogP contribution in [0.4, 0.5) is 0 Å². The molecule has 0 amide bonds. The van der Waals surface area contributed by atoms with Gasteiger partial charge in [-0.25, -0.2) is 0 Å². The van der Waals surface area contributed by atoms with Crippen LogP contribution in [-0.4, -0.2) is 18.5 Å². The minimum atomic E-state index is 0.828. The maximum atomic E-state index is 6.07. The van der Waals surface area contributed by atoms with E-state index >= 15 is 0 Å². The molecule has 0 N–H and O–H groups in total. The maximum Gasteiger partial charge on any atom is 0.0462 e. The molecular formula is C10H13BrClN. The van der Waals surface area contributed by atoms with Crippen molar-refractivity contribution in [1.82, 2.24) is 4.90 Å². The largest absolute Gasteiger partial charge is 0.302 e. The summed E-state index contributed by atoms with van der Waals surface area (Å²) in [6, 6.07) is 6.00. The van der Waals surface area contributed by atoms with Crippen LogP contribution in [0.5, 0.6) is 0 Å². The van der Waals surface area contributed by atoms with Gasteiger partial charge in [-0.15, -0.1) is 0 Å². The normalized spacial score (nSPS) is 10.8. The third-order valence-electron chi connectivity index (χ3n) is 2.00. The molecule has 1 rings (SSSR count). The van der Waals surface area contributed by atoms with Crippen molar-refractivity contribution in [3.05, 3.63) is 33.3 Å². The SMILES string of the molecule is CCN(C)Cc1ccc(Br)cc1Cl. The van der Waals surface area contributed by atoms with Gasteiger partial charge in [0.1, 0.15) is 0 Å². The summed E-state index contributed by atoms with van der Waals surface area (Å²) in [4.78, 5) is 2.22. The Kier molecular flexibility index (Phi) is 4.23. The van der Waals surface area contributed by atoms with E-state index in [1.807, 2.05) is 12.1 Å². The summed E-state index contributed by atoms with van der Waals surface area (Å²) in [7, 11) is 2.08. The standard InChI is InChI=1S/C10H13BrClN/c1-3-13(2)7-8-4-5-9(11)6-10(8)12/h4-6H,3,7H2,1-2H3. The Balaban J connectivity index is 2.77. The van der Waals surface area contributed by atoms with E-state index in [1.54, 1.807) is 0 Å². The van der Waals surface area contributed by atoms with Gasteiger partial charge >= 0.3 is 0 Å². The second kappa shape index (κ2) is 4.99. The molecule has 13 heavy (non-hydrogen) atoms. The van der Waals surface area contributed by atoms with Gasteiger partial charge in [0.15, 0.2) is 0 Å². The number of hydrogen-bond donors (Lipinski definition) is 0. The highest BCUT2D eigenvalue weighted by Gasteiger charge is 2.02. The molecule has 0 spiro atoms. The van der Waals surface area contributed by atoms with Gasteiger partial charge in [0.05, 0.1) is 0 Å². The molecule has 72 valence electrons. The zero-order chi connectivity index (χ0) is 9.84. The summed E-state index contributed by atoms with van der Waals surface area (Å²) >= 11 is 9.46. The summed E-state index contributed by atoms with van der Waals surface area (Å²) < 4.78 is 1.03. The van der Waals surface area contributed by atoms with E-state index in [4.69, 9.17) is 11.6 Å². The number of nitrogens with zero attached hydrogens (tertiary/aromatic N) is 1. The first-order valence-corrected chi connectivity index (χ1v) is 5.43. The van der Waals surface area contributed by atoms with Gasteiger partial charge in [0.2, 0.25) is 0 Å².